The second kappa shape index (κ2) is 13.0. The monoisotopic (exact) mass is 449 g/mol. The van der Waals surface area contributed by atoms with Crippen LogP contribution in [0.3, 0.4) is 0 Å². The molecule has 6 nitrogen and oxygen atoms in total. The zero-order valence-electron chi connectivity index (χ0n) is 20.4. The molecular weight excluding hydrogens is 410 g/mol. The second-order valence-corrected chi connectivity index (χ2v) is 8.85. The quantitative estimate of drug-likeness (QED) is 0.311. The van der Waals surface area contributed by atoms with Crippen LogP contribution in [0.15, 0.2) is 59.6 Å². The van der Waals surface area contributed by atoms with Gasteiger partial charge in [0.2, 0.25) is 5.91 Å². The van der Waals surface area contributed by atoms with Gasteiger partial charge in [0.1, 0.15) is 0 Å². The van der Waals surface area contributed by atoms with Crippen molar-refractivity contribution >= 4 is 11.9 Å². The summed E-state index contributed by atoms with van der Waals surface area (Å²) in [5, 5.41) is 6.75. The van der Waals surface area contributed by atoms with Crippen LogP contribution in [0.5, 0.6) is 0 Å². The van der Waals surface area contributed by atoms with Crippen LogP contribution >= 0.6 is 0 Å². The number of carbonyl (C=O) groups is 1. The molecule has 0 spiro atoms. The summed E-state index contributed by atoms with van der Waals surface area (Å²) in [6.07, 6.45) is 2.33. The highest BCUT2D eigenvalue weighted by atomic mass is 16.2. The first kappa shape index (κ1) is 24.8. The molecule has 2 aromatic carbocycles. The number of benzene rings is 2. The standard InChI is InChI=1S/C27H39N5O/c1-4-28-27(30-18-16-22(2)31(3)19-23-11-6-5-7-12-23)29-17-10-15-26(33)32-20-24-13-8-9-14-25(24)21-32/h5-9,11-14,22H,4,10,15-21H2,1-3H3,(H2,28,29,30). The summed E-state index contributed by atoms with van der Waals surface area (Å²) in [4.78, 5) is 21.6. The largest absolute Gasteiger partial charge is 0.357 e. The molecule has 6 heteroatoms. The number of hydrogen-bond acceptors (Lipinski definition) is 3. The van der Waals surface area contributed by atoms with E-state index in [0.29, 0.717) is 19.0 Å². The summed E-state index contributed by atoms with van der Waals surface area (Å²) in [7, 11) is 2.17. The van der Waals surface area contributed by atoms with E-state index in [2.05, 4.69) is 83.9 Å². The van der Waals surface area contributed by atoms with Gasteiger partial charge in [-0.25, -0.2) is 0 Å². The smallest absolute Gasteiger partial charge is 0.223 e. The molecule has 1 aliphatic rings. The molecule has 0 saturated heterocycles. The van der Waals surface area contributed by atoms with E-state index < -0.39 is 0 Å². The van der Waals surface area contributed by atoms with Gasteiger partial charge in [-0.3, -0.25) is 14.7 Å². The molecule has 1 unspecified atom stereocenters. The highest BCUT2D eigenvalue weighted by Crippen LogP contribution is 2.22. The third-order valence-electron chi connectivity index (χ3n) is 6.24. The molecule has 178 valence electrons. The van der Waals surface area contributed by atoms with Gasteiger partial charge >= 0.3 is 0 Å². The van der Waals surface area contributed by atoms with Crippen molar-refractivity contribution in [3.8, 4) is 0 Å². The van der Waals surface area contributed by atoms with Crippen molar-refractivity contribution in [2.24, 2.45) is 4.99 Å². The Bertz CT molecular complexity index is 873. The average Bonchev–Trinajstić information content (AvgIpc) is 3.26. The zero-order chi connectivity index (χ0) is 23.5. The van der Waals surface area contributed by atoms with Crippen molar-refractivity contribution < 1.29 is 4.79 Å². The topological polar surface area (TPSA) is 60.0 Å². The number of guanidine groups is 1. The number of aliphatic imine (C=N–C) groups is 1. The second-order valence-electron chi connectivity index (χ2n) is 8.85. The Labute approximate surface area is 199 Å². The molecule has 2 N–H and O–H groups in total. The molecule has 0 saturated carbocycles. The third kappa shape index (κ3) is 7.90. The number of hydrogen-bond donors (Lipinski definition) is 2. The van der Waals surface area contributed by atoms with E-state index in [1.807, 2.05) is 17.0 Å². The van der Waals surface area contributed by atoms with Gasteiger partial charge in [-0.2, -0.15) is 0 Å². The van der Waals surface area contributed by atoms with Crippen molar-refractivity contribution in [2.75, 3.05) is 26.7 Å². The van der Waals surface area contributed by atoms with Crippen LogP contribution in [0.2, 0.25) is 0 Å². The summed E-state index contributed by atoms with van der Waals surface area (Å²) in [5.74, 6) is 1.05. The Morgan fingerprint density at radius 1 is 1.06 bits per heavy atom. The highest BCUT2D eigenvalue weighted by molar-refractivity contribution is 5.80. The first-order valence-corrected chi connectivity index (χ1v) is 12.2. The van der Waals surface area contributed by atoms with Gasteiger partial charge in [0.15, 0.2) is 5.96 Å². The molecule has 1 amide bonds. The molecular formula is C27H39N5O. The van der Waals surface area contributed by atoms with Gasteiger partial charge in [-0.1, -0.05) is 54.6 Å². The molecule has 1 heterocycles. The first-order chi connectivity index (χ1) is 16.1. The number of nitrogens with one attached hydrogen (secondary N) is 2. The summed E-state index contributed by atoms with van der Waals surface area (Å²) < 4.78 is 0. The first-order valence-electron chi connectivity index (χ1n) is 12.2. The minimum absolute atomic E-state index is 0.217. The van der Waals surface area contributed by atoms with Crippen LogP contribution in [-0.2, 0) is 24.4 Å². The number of amides is 1. The molecule has 0 bridgehead atoms. The summed E-state index contributed by atoms with van der Waals surface area (Å²) in [6.45, 7) is 9.08. The molecule has 0 fully saturated rings. The van der Waals surface area contributed by atoms with Gasteiger partial charge in [-0.05, 0) is 50.4 Å². The van der Waals surface area contributed by atoms with Crippen molar-refractivity contribution in [1.29, 1.82) is 0 Å². The fourth-order valence-electron chi connectivity index (χ4n) is 4.08. The fraction of sp³-hybridized carbons (Fsp3) is 0.481. The molecule has 1 aliphatic heterocycles. The lowest BCUT2D eigenvalue weighted by Gasteiger charge is -2.25. The van der Waals surface area contributed by atoms with Crippen LogP contribution < -0.4 is 10.6 Å². The predicted molar refractivity (Wildman–Crippen MR) is 136 cm³/mol. The van der Waals surface area contributed by atoms with Gasteiger partial charge in [-0.15, -0.1) is 0 Å². The van der Waals surface area contributed by atoms with Crippen molar-refractivity contribution in [3.63, 3.8) is 0 Å². The molecule has 33 heavy (non-hydrogen) atoms. The fourth-order valence-corrected chi connectivity index (χ4v) is 4.08. The van der Waals surface area contributed by atoms with Gasteiger partial charge in [0.25, 0.3) is 0 Å². The third-order valence-corrected chi connectivity index (χ3v) is 6.24. The van der Waals surface area contributed by atoms with Crippen molar-refractivity contribution in [3.05, 3.63) is 71.3 Å². The summed E-state index contributed by atoms with van der Waals surface area (Å²) in [6, 6.07) is 19.3. The minimum atomic E-state index is 0.217. The number of carbonyl (C=O) groups excluding carboxylic acids is 1. The lowest BCUT2D eigenvalue weighted by atomic mass is 10.1. The van der Waals surface area contributed by atoms with Crippen LogP contribution in [-0.4, -0.2) is 54.4 Å². The Balaban J connectivity index is 1.35. The van der Waals surface area contributed by atoms with E-state index in [-0.39, 0.29) is 5.91 Å². The SMILES string of the molecule is CCNC(=NCCCC(=O)N1Cc2ccccc2C1)NCCC(C)N(C)Cc1ccccc1. The molecule has 1 atom stereocenters. The Kier molecular flexibility index (Phi) is 9.76. The van der Waals surface area contributed by atoms with Crippen LogP contribution in [0.1, 0.15) is 49.8 Å². The van der Waals surface area contributed by atoms with E-state index in [9.17, 15) is 4.79 Å². The average molecular weight is 450 g/mol. The van der Waals surface area contributed by atoms with E-state index in [1.165, 1.54) is 16.7 Å². The van der Waals surface area contributed by atoms with Crippen LogP contribution in [0, 0.1) is 0 Å². The van der Waals surface area contributed by atoms with Crippen molar-refractivity contribution in [2.45, 2.75) is 58.8 Å². The van der Waals surface area contributed by atoms with Crippen molar-refractivity contribution in [1.82, 2.24) is 20.4 Å². The zero-order valence-corrected chi connectivity index (χ0v) is 20.4. The Hall–Kier alpha value is -2.86. The van der Waals surface area contributed by atoms with Crippen LogP contribution in [0.25, 0.3) is 0 Å². The van der Waals surface area contributed by atoms with Gasteiger partial charge in [0.05, 0.1) is 0 Å². The lowest BCUT2D eigenvalue weighted by Crippen LogP contribution is -2.40. The van der Waals surface area contributed by atoms with E-state index in [0.717, 1.165) is 51.5 Å². The van der Waals surface area contributed by atoms with E-state index >= 15 is 0 Å². The van der Waals surface area contributed by atoms with Gasteiger partial charge in [0, 0.05) is 51.7 Å². The number of fused-ring (bicyclic) bond motifs is 1. The Morgan fingerprint density at radius 3 is 2.39 bits per heavy atom. The summed E-state index contributed by atoms with van der Waals surface area (Å²) >= 11 is 0. The molecule has 3 rings (SSSR count). The lowest BCUT2D eigenvalue weighted by molar-refractivity contribution is -0.131. The normalized spacial score (nSPS) is 14.3. The van der Waals surface area contributed by atoms with Gasteiger partial charge < -0.3 is 15.5 Å². The Morgan fingerprint density at radius 2 is 1.73 bits per heavy atom. The minimum Gasteiger partial charge on any atom is -0.357 e. The maximum absolute atomic E-state index is 12.6. The number of nitrogens with zero attached hydrogens (tertiary/aromatic N) is 3. The van der Waals surface area contributed by atoms with E-state index in [1.54, 1.807) is 0 Å². The number of rotatable bonds is 11. The van der Waals surface area contributed by atoms with E-state index in [4.69, 9.17) is 0 Å². The predicted octanol–water partition coefficient (Wildman–Crippen LogP) is 3.77. The molecule has 0 aromatic heterocycles. The maximum atomic E-state index is 12.6. The molecule has 0 radical (unpaired) electrons. The highest BCUT2D eigenvalue weighted by Gasteiger charge is 2.22. The summed E-state index contributed by atoms with van der Waals surface area (Å²) in [5.41, 5.74) is 3.87. The maximum Gasteiger partial charge on any atom is 0.223 e. The van der Waals surface area contributed by atoms with Crippen LogP contribution in [0.4, 0.5) is 0 Å². The molecule has 0 aliphatic carbocycles. The molecule has 2 aromatic rings.